The summed E-state index contributed by atoms with van der Waals surface area (Å²) in [5.41, 5.74) is 5.19. The van der Waals surface area contributed by atoms with Crippen LogP contribution >= 0.6 is 0 Å². The Labute approximate surface area is 185 Å². The van der Waals surface area contributed by atoms with Gasteiger partial charge in [-0.15, -0.1) is 0 Å². The van der Waals surface area contributed by atoms with E-state index in [9.17, 15) is 13.2 Å². The standard InChI is InChI=1S/C24H32N2O4S/c1-16-8-9-22(14-19(16)4)31(28,29)25-21-10-12-26(13-11-21)23(27)15-30-24-18(3)7-6-17(2)20(24)5/h6-9,14,21,25H,10-13,15H2,1-5H3. The van der Waals surface area contributed by atoms with Crippen molar-refractivity contribution in [1.29, 1.82) is 0 Å². The van der Waals surface area contributed by atoms with Gasteiger partial charge in [-0.3, -0.25) is 4.79 Å². The number of hydrogen-bond donors (Lipinski definition) is 1. The van der Waals surface area contributed by atoms with Gasteiger partial charge in [0.05, 0.1) is 4.90 Å². The summed E-state index contributed by atoms with van der Waals surface area (Å²) in [5.74, 6) is 0.695. The number of amides is 1. The molecule has 1 aliphatic heterocycles. The summed E-state index contributed by atoms with van der Waals surface area (Å²) in [6.45, 7) is 10.9. The van der Waals surface area contributed by atoms with Gasteiger partial charge in [-0.2, -0.15) is 0 Å². The number of nitrogens with one attached hydrogen (secondary N) is 1. The van der Waals surface area contributed by atoms with Crippen LogP contribution in [0.4, 0.5) is 0 Å². The molecule has 0 aromatic heterocycles. The lowest BCUT2D eigenvalue weighted by molar-refractivity contribution is -0.134. The van der Waals surface area contributed by atoms with Crippen LogP contribution in [0.3, 0.4) is 0 Å². The number of carbonyl (C=O) groups excluding carboxylic acids is 1. The van der Waals surface area contributed by atoms with Gasteiger partial charge in [0.25, 0.3) is 5.91 Å². The minimum absolute atomic E-state index is 0.00975. The molecule has 168 valence electrons. The fourth-order valence-corrected chi connectivity index (χ4v) is 5.18. The van der Waals surface area contributed by atoms with Crippen molar-refractivity contribution in [2.24, 2.45) is 0 Å². The number of sulfonamides is 1. The quantitative estimate of drug-likeness (QED) is 0.739. The molecule has 2 aromatic carbocycles. The van der Waals surface area contributed by atoms with E-state index < -0.39 is 10.0 Å². The molecule has 0 bridgehead atoms. The summed E-state index contributed by atoms with van der Waals surface area (Å²) in [7, 11) is -3.57. The highest BCUT2D eigenvalue weighted by atomic mass is 32.2. The van der Waals surface area contributed by atoms with Gasteiger partial charge < -0.3 is 9.64 Å². The molecule has 7 heteroatoms. The molecule has 0 unspecified atom stereocenters. The summed E-state index contributed by atoms with van der Waals surface area (Å²) in [6, 6.07) is 9.01. The molecule has 31 heavy (non-hydrogen) atoms. The van der Waals surface area contributed by atoms with Gasteiger partial charge >= 0.3 is 0 Å². The van der Waals surface area contributed by atoms with E-state index in [1.54, 1.807) is 17.0 Å². The van der Waals surface area contributed by atoms with Crippen LogP contribution in [0, 0.1) is 34.6 Å². The molecular weight excluding hydrogens is 412 g/mol. The highest BCUT2D eigenvalue weighted by molar-refractivity contribution is 7.89. The lowest BCUT2D eigenvalue weighted by atomic mass is 10.1. The van der Waals surface area contributed by atoms with Crippen LogP contribution in [-0.2, 0) is 14.8 Å². The first kappa shape index (κ1) is 23.3. The Morgan fingerprint density at radius 3 is 2.23 bits per heavy atom. The number of aryl methyl sites for hydroxylation is 4. The van der Waals surface area contributed by atoms with Crippen molar-refractivity contribution in [3.8, 4) is 5.75 Å². The third-order valence-corrected chi connectivity index (χ3v) is 7.69. The Morgan fingerprint density at radius 1 is 0.968 bits per heavy atom. The number of ether oxygens (including phenoxy) is 1. The molecule has 1 aliphatic rings. The summed E-state index contributed by atoms with van der Waals surface area (Å²) in [4.78, 5) is 14.7. The average Bonchev–Trinajstić information content (AvgIpc) is 2.73. The minimum atomic E-state index is -3.57. The second-order valence-electron chi connectivity index (χ2n) is 8.46. The number of carbonyl (C=O) groups is 1. The predicted molar refractivity (Wildman–Crippen MR) is 122 cm³/mol. The molecule has 0 saturated carbocycles. The SMILES string of the molecule is Cc1ccc(S(=O)(=O)NC2CCN(C(=O)COc3c(C)ccc(C)c3C)CC2)cc1C. The molecule has 0 radical (unpaired) electrons. The molecule has 0 atom stereocenters. The molecule has 6 nitrogen and oxygen atoms in total. The molecule has 1 heterocycles. The predicted octanol–water partition coefficient (Wildman–Crippen LogP) is 3.58. The zero-order chi connectivity index (χ0) is 22.8. The van der Waals surface area contributed by atoms with E-state index in [2.05, 4.69) is 4.72 Å². The molecular formula is C24H32N2O4S. The van der Waals surface area contributed by atoms with Crippen LogP contribution < -0.4 is 9.46 Å². The topological polar surface area (TPSA) is 75.7 Å². The molecule has 1 saturated heterocycles. The molecule has 1 N–H and O–H groups in total. The van der Waals surface area contributed by atoms with Crippen LogP contribution in [0.15, 0.2) is 35.2 Å². The van der Waals surface area contributed by atoms with Gasteiger partial charge in [0, 0.05) is 19.1 Å². The van der Waals surface area contributed by atoms with Crippen molar-refractivity contribution in [3.63, 3.8) is 0 Å². The molecule has 0 aliphatic carbocycles. The first-order chi connectivity index (χ1) is 14.6. The van der Waals surface area contributed by atoms with E-state index in [4.69, 9.17) is 4.74 Å². The number of piperidine rings is 1. The second kappa shape index (κ2) is 9.40. The van der Waals surface area contributed by atoms with Crippen LogP contribution in [0.5, 0.6) is 5.75 Å². The van der Waals surface area contributed by atoms with Gasteiger partial charge in [-0.05, 0) is 87.4 Å². The van der Waals surface area contributed by atoms with Crippen LogP contribution in [0.1, 0.15) is 40.7 Å². The average molecular weight is 445 g/mol. The third-order valence-electron chi connectivity index (χ3n) is 6.17. The second-order valence-corrected chi connectivity index (χ2v) is 10.2. The zero-order valence-corrected chi connectivity index (χ0v) is 19.8. The Morgan fingerprint density at radius 2 is 1.58 bits per heavy atom. The molecule has 0 spiro atoms. The normalized spacial score (nSPS) is 15.2. The Balaban J connectivity index is 1.54. The van der Waals surface area contributed by atoms with Gasteiger partial charge in [0.15, 0.2) is 6.61 Å². The van der Waals surface area contributed by atoms with Crippen molar-refractivity contribution >= 4 is 15.9 Å². The van der Waals surface area contributed by atoms with E-state index in [-0.39, 0.29) is 23.5 Å². The number of likely N-dealkylation sites (tertiary alicyclic amines) is 1. The fourth-order valence-electron chi connectivity index (χ4n) is 3.79. The van der Waals surface area contributed by atoms with Crippen LogP contribution in [0.2, 0.25) is 0 Å². The van der Waals surface area contributed by atoms with Crippen molar-refractivity contribution < 1.29 is 17.9 Å². The van der Waals surface area contributed by atoms with Gasteiger partial charge in [-0.1, -0.05) is 18.2 Å². The number of hydrogen-bond acceptors (Lipinski definition) is 4. The lowest BCUT2D eigenvalue weighted by Crippen LogP contribution is -2.47. The maximum atomic E-state index is 12.7. The van der Waals surface area contributed by atoms with E-state index in [0.717, 1.165) is 33.6 Å². The lowest BCUT2D eigenvalue weighted by Gasteiger charge is -2.32. The first-order valence-electron chi connectivity index (χ1n) is 10.7. The third kappa shape index (κ3) is 5.46. The highest BCUT2D eigenvalue weighted by Gasteiger charge is 2.27. The summed E-state index contributed by atoms with van der Waals surface area (Å²) in [5, 5.41) is 0. The van der Waals surface area contributed by atoms with Gasteiger partial charge in [-0.25, -0.2) is 13.1 Å². The van der Waals surface area contributed by atoms with Crippen molar-refractivity contribution in [1.82, 2.24) is 9.62 Å². The van der Waals surface area contributed by atoms with Crippen LogP contribution in [-0.4, -0.2) is 45.0 Å². The van der Waals surface area contributed by atoms with Gasteiger partial charge in [0.2, 0.25) is 10.0 Å². The minimum Gasteiger partial charge on any atom is -0.483 e. The monoisotopic (exact) mass is 444 g/mol. The maximum absolute atomic E-state index is 12.7. The Kier molecular flexibility index (Phi) is 7.06. The Bertz CT molecular complexity index is 1070. The fraction of sp³-hybridized carbons (Fsp3) is 0.458. The number of rotatable bonds is 6. The van der Waals surface area contributed by atoms with E-state index in [0.29, 0.717) is 25.9 Å². The number of nitrogens with zero attached hydrogens (tertiary/aromatic N) is 1. The summed E-state index contributed by atoms with van der Waals surface area (Å²) in [6.07, 6.45) is 1.16. The molecule has 3 rings (SSSR count). The molecule has 2 aromatic rings. The zero-order valence-electron chi connectivity index (χ0n) is 19.0. The van der Waals surface area contributed by atoms with Crippen LogP contribution in [0.25, 0.3) is 0 Å². The number of benzene rings is 2. The highest BCUT2D eigenvalue weighted by Crippen LogP contribution is 2.26. The summed E-state index contributed by atoms with van der Waals surface area (Å²) >= 11 is 0. The van der Waals surface area contributed by atoms with Crippen molar-refractivity contribution in [2.75, 3.05) is 19.7 Å². The first-order valence-corrected chi connectivity index (χ1v) is 12.1. The summed E-state index contributed by atoms with van der Waals surface area (Å²) < 4.78 is 34.1. The van der Waals surface area contributed by atoms with Crippen molar-refractivity contribution in [2.45, 2.75) is 58.4 Å². The molecule has 1 fully saturated rings. The van der Waals surface area contributed by atoms with E-state index in [1.165, 1.54) is 0 Å². The Hall–Kier alpha value is -2.38. The van der Waals surface area contributed by atoms with E-state index in [1.807, 2.05) is 52.8 Å². The van der Waals surface area contributed by atoms with Gasteiger partial charge in [0.1, 0.15) is 5.75 Å². The van der Waals surface area contributed by atoms with Crippen molar-refractivity contribution in [3.05, 3.63) is 58.1 Å². The van der Waals surface area contributed by atoms with E-state index >= 15 is 0 Å². The maximum Gasteiger partial charge on any atom is 0.260 e. The smallest absolute Gasteiger partial charge is 0.260 e. The largest absolute Gasteiger partial charge is 0.483 e. The molecule has 1 amide bonds.